The van der Waals surface area contributed by atoms with Crippen LogP contribution in [-0.2, 0) is 0 Å². The molecular formula is C22H17N5O2. The van der Waals surface area contributed by atoms with Crippen molar-refractivity contribution in [2.24, 2.45) is 0 Å². The van der Waals surface area contributed by atoms with Gasteiger partial charge in [-0.1, -0.05) is 0 Å². The molecule has 0 spiro atoms. The highest BCUT2D eigenvalue weighted by molar-refractivity contribution is 5.93. The summed E-state index contributed by atoms with van der Waals surface area (Å²) in [6.07, 6.45) is 3.47. The number of nitrogens with zero attached hydrogens (tertiary/aromatic N) is 4. The summed E-state index contributed by atoms with van der Waals surface area (Å²) in [5.74, 6) is 2.63. The third-order valence-electron chi connectivity index (χ3n) is 4.58. The lowest BCUT2D eigenvalue weighted by Crippen LogP contribution is -2.00. The van der Waals surface area contributed by atoms with Crippen LogP contribution in [0.4, 0.5) is 11.5 Å². The van der Waals surface area contributed by atoms with Gasteiger partial charge in [-0.15, -0.1) is 0 Å². The molecule has 0 radical (unpaired) electrons. The zero-order valence-electron chi connectivity index (χ0n) is 15.9. The molecule has 0 bridgehead atoms. The first kappa shape index (κ1) is 17.1. The summed E-state index contributed by atoms with van der Waals surface area (Å²) in [6.45, 7) is 1.83. The van der Waals surface area contributed by atoms with Crippen LogP contribution in [0.1, 0.15) is 5.89 Å². The number of benzene rings is 2. The predicted molar refractivity (Wildman–Crippen MR) is 111 cm³/mol. The van der Waals surface area contributed by atoms with E-state index in [4.69, 9.17) is 19.1 Å². The molecule has 0 fully saturated rings. The third-order valence-corrected chi connectivity index (χ3v) is 4.58. The summed E-state index contributed by atoms with van der Waals surface area (Å²) < 4.78 is 11.0. The first-order chi connectivity index (χ1) is 14.2. The highest BCUT2D eigenvalue weighted by Gasteiger charge is 2.12. The Bertz CT molecular complexity index is 1330. The van der Waals surface area contributed by atoms with E-state index in [1.807, 2.05) is 55.5 Å². The Morgan fingerprint density at radius 1 is 0.966 bits per heavy atom. The number of methoxy groups -OCH3 is 1. The van der Waals surface area contributed by atoms with Crippen molar-refractivity contribution in [3.63, 3.8) is 0 Å². The molecule has 0 unspecified atom stereocenters. The van der Waals surface area contributed by atoms with Gasteiger partial charge in [0.15, 0.2) is 17.3 Å². The molecule has 0 saturated carbocycles. The van der Waals surface area contributed by atoms with Crippen molar-refractivity contribution < 1.29 is 9.15 Å². The molecule has 2 aromatic carbocycles. The minimum absolute atomic E-state index is 0.592. The number of hydrogen-bond acceptors (Lipinski definition) is 7. The number of ether oxygens (including phenoxy) is 1. The van der Waals surface area contributed by atoms with Gasteiger partial charge in [0.1, 0.15) is 17.1 Å². The molecule has 0 atom stereocenters. The normalized spacial score (nSPS) is 11.1. The van der Waals surface area contributed by atoms with Gasteiger partial charge in [0.05, 0.1) is 12.6 Å². The number of anilines is 2. The molecule has 0 aliphatic heterocycles. The van der Waals surface area contributed by atoms with Crippen LogP contribution in [0, 0.1) is 6.92 Å². The number of fused-ring (bicyclic) bond motifs is 2. The SMILES string of the molecule is COc1ccc2nc(-c3cccnc3)nc(Nc3ccc4nc(C)oc4c3)c2c1. The summed E-state index contributed by atoms with van der Waals surface area (Å²) in [5.41, 5.74) is 4.02. The molecule has 0 amide bonds. The van der Waals surface area contributed by atoms with Crippen LogP contribution in [-0.4, -0.2) is 27.0 Å². The molecule has 142 valence electrons. The van der Waals surface area contributed by atoms with Crippen molar-refractivity contribution >= 4 is 33.5 Å². The van der Waals surface area contributed by atoms with E-state index in [0.29, 0.717) is 17.5 Å². The van der Waals surface area contributed by atoms with Crippen LogP contribution in [0.5, 0.6) is 5.75 Å². The standard InChI is InChI=1S/C22H17N5O2/c1-13-24-19-7-5-15(10-20(19)29-13)25-22-17-11-16(28-2)6-8-18(17)26-21(27-22)14-4-3-9-23-12-14/h3-12H,1-2H3,(H,25,26,27). The van der Waals surface area contributed by atoms with E-state index in [0.717, 1.165) is 39.0 Å². The zero-order chi connectivity index (χ0) is 19.8. The molecule has 0 aliphatic carbocycles. The molecule has 0 saturated heterocycles. The number of aryl methyl sites for hydroxylation is 1. The molecule has 0 aliphatic rings. The van der Waals surface area contributed by atoms with E-state index in [1.54, 1.807) is 19.5 Å². The number of hydrogen-bond donors (Lipinski definition) is 1. The van der Waals surface area contributed by atoms with Crippen LogP contribution in [0.15, 0.2) is 65.3 Å². The van der Waals surface area contributed by atoms with Gasteiger partial charge < -0.3 is 14.5 Å². The lowest BCUT2D eigenvalue weighted by Gasteiger charge is -2.12. The highest BCUT2D eigenvalue weighted by atomic mass is 16.5. The summed E-state index contributed by atoms with van der Waals surface area (Å²) in [4.78, 5) is 18.0. The van der Waals surface area contributed by atoms with E-state index in [1.165, 1.54) is 0 Å². The maximum absolute atomic E-state index is 5.65. The molecule has 5 aromatic rings. The Morgan fingerprint density at radius 3 is 2.69 bits per heavy atom. The van der Waals surface area contributed by atoms with E-state index in [9.17, 15) is 0 Å². The van der Waals surface area contributed by atoms with Gasteiger partial charge in [-0.3, -0.25) is 4.98 Å². The molecular weight excluding hydrogens is 366 g/mol. The van der Waals surface area contributed by atoms with Crippen molar-refractivity contribution in [2.75, 3.05) is 12.4 Å². The molecule has 5 rings (SSSR count). The van der Waals surface area contributed by atoms with Crippen LogP contribution in [0.25, 0.3) is 33.4 Å². The molecule has 3 heterocycles. The van der Waals surface area contributed by atoms with Gasteiger partial charge in [-0.2, -0.15) is 0 Å². The fourth-order valence-electron chi connectivity index (χ4n) is 3.21. The van der Waals surface area contributed by atoms with Crippen molar-refractivity contribution in [2.45, 2.75) is 6.92 Å². The molecule has 7 nitrogen and oxygen atoms in total. The van der Waals surface area contributed by atoms with Crippen LogP contribution < -0.4 is 10.1 Å². The largest absolute Gasteiger partial charge is 0.497 e. The quantitative estimate of drug-likeness (QED) is 0.473. The van der Waals surface area contributed by atoms with Gasteiger partial charge in [0.25, 0.3) is 0 Å². The number of pyridine rings is 1. The van der Waals surface area contributed by atoms with E-state index >= 15 is 0 Å². The first-order valence-electron chi connectivity index (χ1n) is 9.10. The van der Waals surface area contributed by atoms with Gasteiger partial charge >= 0.3 is 0 Å². The summed E-state index contributed by atoms with van der Waals surface area (Å²) in [7, 11) is 1.64. The third kappa shape index (κ3) is 3.23. The second-order valence-corrected chi connectivity index (χ2v) is 6.56. The number of aromatic nitrogens is 4. The first-order valence-corrected chi connectivity index (χ1v) is 9.10. The zero-order valence-corrected chi connectivity index (χ0v) is 15.9. The maximum Gasteiger partial charge on any atom is 0.192 e. The average Bonchev–Trinajstić information content (AvgIpc) is 3.13. The second-order valence-electron chi connectivity index (χ2n) is 6.56. The lowest BCUT2D eigenvalue weighted by atomic mass is 10.2. The Kier molecular flexibility index (Phi) is 4.05. The monoisotopic (exact) mass is 383 g/mol. The average molecular weight is 383 g/mol. The topological polar surface area (TPSA) is 86.0 Å². The van der Waals surface area contributed by atoms with Crippen molar-refractivity contribution in [3.8, 4) is 17.1 Å². The number of nitrogens with one attached hydrogen (secondary N) is 1. The van der Waals surface area contributed by atoms with Crippen LogP contribution in [0.3, 0.4) is 0 Å². The number of oxazole rings is 1. The predicted octanol–water partition coefficient (Wildman–Crippen LogP) is 4.89. The highest BCUT2D eigenvalue weighted by Crippen LogP contribution is 2.31. The van der Waals surface area contributed by atoms with Crippen molar-refractivity contribution in [1.82, 2.24) is 19.9 Å². The van der Waals surface area contributed by atoms with Gasteiger partial charge in [-0.25, -0.2) is 15.0 Å². The summed E-state index contributed by atoms with van der Waals surface area (Å²) >= 11 is 0. The minimum Gasteiger partial charge on any atom is -0.497 e. The maximum atomic E-state index is 5.65. The fourth-order valence-corrected chi connectivity index (χ4v) is 3.21. The van der Waals surface area contributed by atoms with Gasteiger partial charge in [0.2, 0.25) is 0 Å². The summed E-state index contributed by atoms with van der Waals surface area (Å²) in [6, 6.07) is 15.3. The van der Waals surface area contributed by atoms with Crippen LogP contribution in [0.2, 0.25) is 0 Å². The Labute approximate surface area is 166 Å². The van der Waals surface area contributed by atoms with E-state index in [2.05, 4.69) is 15.3 Å². The van der Waals surface area contributed by atoms with E-state index in [-0.39, 0.29) is 0 Å². The minimum atomic E-state index is 0.592. The molecule has 3 aromatic heterocycles. The molecule has 29 heavy (non-hydrogen) atoms. The Morgan fingerprint density at radius 2 is 1.86 bits per heavy atom. The van der Waals surface area contributed by atoms with Gasteiger partial charge in [-0.05, 0) is 42.5 Å². The van der Waals surface area contributed by atoms with Crippen LogP contribution >= 0.6 is 0 Å². The molecule has 7 heteroatoms. The fraction of sp³-hybridized carbons (Fsp3) is 0.0909. The smallest absolute Gasteiger partial charge is 0.192 e. The summed E-state index contributed by atoms with van der Waals surface area (Å²) in [5, 5.41) is 4.25. The second kappa shape index (κ2) is 6.87. The van der Waals surface area contributed by atoms with Crippen molar-refractivity contribution in [1.29, 1.82) is 0 Å². The Hall–Kier alpha value is -4.00. The lowest BCUT2D eigenvalue weighted by molar-refractivity contribution is 0.415. The van der Waals surface area contributed by atoms with Gasteiger partial charge in [0, 0.05) is 42.0 Å². The van der Waals surface area contributed by atoms with E-state index < -0.39 is 0 Å². The van der Waals surface area contributed by atoms with Crippen molar-refractivity contribution in [3.05, 3.63) is 66.8 Å². The number of rotatable bonds is 4. The Balaban J connectivity index is 1.66. The molecule has 1 N–H and O–H groups in total.